The van der Waals surface area contributed by atoms with E-state index in [0.29, 0.717) is 31.3 Å². The van der Waals surface area contributed by atoms with Crippen molar-refractivity contribution in [3.05, 3.63) is 35.5 Å². The minimum atomic E-state index is -0.994. The number of urea groups is 1. The number of ether oxygens (including phenoxy) is 2. The lowest BCUT2D eigenvalue weighted by Crippen LogP contribution is -2.44. The van der Waals surface area contributed by atoms with Crippen LogP contribution in [0.2, 0.25) is 0 Å². The van der Waals surface area contributed by atoms with Crippen LogP contribution in [0.1, 0.15) is 32.0 Å². The molecule has 1 saturated heterocycles. The average Bonchev–Trinajstić information content (AvgIpc) is 3.12. The third-order valence-electron chi connectivity index (χ3n) is 5.88. The van der Waals surface area contributed by atoms with Crippen LogP contribution in [0.15, 0.2) is 24.3 Å². The first-order valence-corrected chi connectivity index (χ1v) is 11.1. The number of carbonyl (C=O) groups excluding carboxylic acids is 1. The number of amides is 2. The van der Waals surface area contributed by atoms with Crippen LogP contribution >= 0.6 is 0 Å². The van der Waals surface area contributed by atoms with Crippen LogP contribution < -0.4 is 15.5 Å². The number of fused-ring (bicyclic) bond motifs is 1. The molecular weight excluding hydrogens is 426 g/mol. The molecule has 1 aromatic carbocycles. The van der Waals surface area contributed by atoms with Crippen molar-refractivity contribution in [1.29, 1.82) is 0 Å². The first-order valence-electron chi connectivity index (χ1n) is 11.1. The second kappa shape index (κ2) is 9.60. The summed E-state index contributed by atoms with van der Waals surface area (Å²) < 4.78 is 11.6. The third-order valence-corrected chi connectivity index (χ3v) is 5.88. The summed E-state index contributed by atoms with van der Waals surface area (Å²) in [6.07, 6.45) is -0.994. The van der Waals surface area contributed by atoms with E-state index in [4.69, 9.17) is 24.5 Å². The molecule has 0 bridgehead atoms. The van der Waals surface area contributed by atoms with E-state index in [0.717, 1.165) is 29.2 Å². The van der Waals surface area contributed by atoms with E-state index in [9.17, 15) is 9.90 Å². The molecule has 0 spiro atoms. The number of morpholine rings is 1. The van der Waals surface area contributed by atoms with Gasteiger partial charge in [0.1, 0.15) is 11.4 Å². The largest absolute Gasteiger partial charge is 0.394 e. The van der Waals surface area contributed by atoms with Crippen LogP contribution in [0.5, 0.6) is 0 Å². The number of aliphatic hydroxyl groups is 2. The molecule has 1 fully saturated rings. The van der Waals surface area contributed by atoms with Gasteiger partial charge in [-0.1, -0.05) is 0 Å². The number of rotatable bonds is 6. The number of nitrogens with zero attached hydrogens (tertiary/aromatic N) is 3. The van der Waals surface area contributed by atoms with Crippen molar-refractivity contribution in [3.8, 4) is 11.4 Å². The summed E-state index contributed by atoms with van der Waals surface area (Å²) in [6, 6.07) is 6.99. The highest BCUT2D eigenvalue weighted by Crippen LogP contribution is 2.40. The van der Waals surface area contributed by atoms with Gasteiger partial charge in [-0.2, -0.15) is 0 Å². The lowest BCUT2D eigenvalue weighted by Gasteiger charge is -2.35. The summed E-state index contributed by atoms with van der Waals surface area (Å²) in [5.74, 6) is 1.49. The quantitative estimate of drug-likeness (QED) is 0.515. The number of anilines is 2. The Kier molecular flexibility index (Phi) is 6.80. The van der Waals surface area contributed by atoms with Gasteiger partial charge in [0.05, 0.1) is 44.3 Å². The van der Waals surface area contributed by atoms with Crippen LogP contribution in [0.4, 0.5) is 16.3 Å². The Morgan fingerprint density at radius 1 is 1.30 bits per heavy atom. The molecule has 2 amide bonds. The number of nitrogens with one attached hydrogen (secondary N) is 2. The van der Waals surface area contributed by atoms with Crippen LogP contribution in [-0.2, 0) is 21.7 Å². The Morgan fingerprint density at radius 2 is 2.06 bits per heavy atom. The molecule has 0 saturated carbocycles. The minimum Gasteiger partial charge on any atom is -0.394 e. The third kappa shape index (κ3) is 5.09. The maximum absolute atomic E-state index is 12.0. The number of aliphatic hydroxyl groups excluding tert-OH is 2. The van der Waals surface area contributed by atoms with Crippen LogP contribution in [0, 0.1) is 0 Å². The molecule has 10 heteroatoms. The Hall–Kier alpha value is -2.79. The normalized spacial score (nSPS) is 20.3. The van der Waals surface area contributed by atoms with Crippen LogP contribution in [0.25, 0.3) is 11.4 Å². The van der Waals surface area contributed by atoms with Crippen LogP contribution in [-0.4, -0.2) is 71.3 Å². The number of hydrogen-bond acceptors (Lipinski definition) is 8. The lowest BCUT2D eigenvalue weighted by atomic mass is 10.0. The fourth-order valence-corrected chi connectivity index (χ4v) is 3.99. The van der Waals surface area contributed by atoms with E-state index in [1.54, 1.807) is 12.1 Å². The molecule has 2 aliphatic heterocycles. The minimum absolute atomic E-state index is 0.0377. The smallest absolute Gasteiger partial charge is 0.319 e. The first-order chi connectivity index (χ1) is 15.8. The fourth-order valence-electron chi connectivity index (χ4n) is 3.99. The maximum Gasteiger partial charge on any atom is 0.319 e. The lowest BCUT2D eigenvalue weighted by molar-refractivity contribution is -0.0100. The van der Waals surface area contributed by atoms with Gasteiger partial charge in [0, 0.05) is 29.9 Å². The van der Waals surface area contributed by atoms with Crippen molar-refractivity contribution in [2.75, 3.05) is 43.1 Å². The zero-order chi connectivity index (χ0) is 23.6. The van der Waals surface area contributed by atoms with Crippen molar-refractivity contribution < 1.29 is 24.5 Å². The summed E-state index contributed by atoms with van der Waals surface area (Å²) in [4.78, 5) is 24.0. The predicted octanol–water partition coefficient (Wildman–Crippen LogP) is 1.61. The summed E-state index contributed by atoms with van der Waals surface area (Å²) in [6.45, 7) is 8.24. The molecule has 10 nitrogen and oxygen atoms in total. The SMILES string of the molecule is CC1COCCN1c1nc(-c2ccc(NC(=O)NCC(O)CO)cc2)nc2c1COC2(C)C. The fraction of sp³-hybridized carbons (Fsp3) is 0.522. The van der Waals surface area contributed by atoms with Gasteiger partial charge in [-0.25, -0.2) is 14.8 Å². The van der Waals surface area contributed by atoms with Gasteiger partial charge >= 0.3 is 6.03 Å². The Morgan fingerprint density at radius 3 is 2.76 bits per heavy atom. The monoisotopic (exact) mass is 457 g/mol. The van der Waals surface area contributed by atoms with Crippen molar-refractivity contribution in [2.45, 2.75) is 45.1 Å². The van der Waals surface area contributed by atoms with Gasteiger partial charge in [0.25, 0.3) is 0 Å². The van der Waals surface area contributed by atoms with E-state index in [2.05, 4.69) is 22.5 Å². The Balaban J connectivity index is 1.59. The number of carbonyl (C=O) groups is 1. The predicted molar refractivity (Wildman–Crippen MR) is 123 cm³/mol. The van der Waals surface area contributed by atoms with Gasteiger partial charge in [-0.15, -0.1) is 0 Å². The van der Waals surface area contributed by atoms with E-state index in [1.807, 2.05) is 26.0 Å². The summed E-state index contributed by atoms with van der Waals surface area (Å²) in [5, 5.41) is 23.4. The zero-order valence-corrected chi connectivity index (χ0v) is 19.2. The van der Waals surface area contributed by atoms with Crippen molar-refractivity contribution in [3.63, 3.8) is 0 Å². The molecular formula is C23H31N5O5. The van der Waals surface area contributed by atoms with Crippen molar-refractivity contribution in [1.82, 2.24) is 15.3 Å². The molecule has 2 aliphatic rings. The van der Waals surface area contributed by atoms with Crippen molar-refractivity contribution in [2.24, 2.45) is 0 Å². The van der Waals surface area contributed by atoms with Gasteiger partial charge in [0.15, 0.2) is 5.82 Å². The highest BCUT2D eigenvalue weighted by molar-refractivity contribution is 5.89. The molecule has 0 aliphatic carbocycles. The summed E-state index contributed by atoms with van der Waals surface area (Å²) in [5.41, 5.74) is 2.82. The number of benzene rings is 1. The molecule has 3 heterocycles. The van der Waals surface area contributed by atoms with E-state index >= 15 is 0 Å². The molecule has 2 aromatic rings. The van der Waals surface area contributed by atoms with Gasteiger partial charge in [0.2, 0.25) is 0 Å². The molecule has 4 N–H and O–H groups in total. The number of hydrogen-bond donors (Lipinski definition) is 4. The summed E-state index contributed by atoms with van der Waals surface area (Å²) >= 11 is 0. The van der Waals surface area contributed by atoms with E-state index in [-0.39, 0.29) is 12.6 Å². The van der Waals surface area contributed by atoms with Gasteiger partial charge < -0.3 is 35.2 Å². The molecule has 4 rings (SSSR count). The molecule has 33 heavy (non-hydrogen) atoms. The first kappa shape index (κ1) is 23.4. The Labute approximate surface area is 192 Å². The maximum atomic E-state index is 12.0. The highest BCUT2D eigenvalue weighted by atomic mass is 16.5. The Bertz CT molecular complexity index is 997. The second-order valence-electron chi connectivity index (χ2n) is 8.86. The average molecular weight is 458 g/mol. The molecule has 0 radical (unpaired) electrons. The topological polar surface area (TPSA) is 129 Å². The molecule has 2 atom stereocenters. The van der Waals surface area contributed by atoms with Crippen molar-refractivity contribution >= 4 is 17.5 Å². The van der Waals surface area contributed by atoms with Gasteiger partial charge in [-0.3, -0.25) is 0 Å². The highest BCUT2D eigenvalue weighted by Gasteiger charge is 2.38. The zero-order valence-electron chi connectivity index (χ0n) is 19.2. The number of aromatic nitrogens is 2. The van der Waals surface area contributed by atoms with Crippen LogP contribution in [0.3, 0.4) is 0 Å². The standard InChI is InChI=1S/C23H31N5O5/c1-14-12-32-9-8-28(14)21-18-13-33-23(2,3)19(18)26-20(27-21)15-4-6-16(7-5-15)25-22(31)24-10-17(30)11-29/h4-7,14,17,29-30H,8-13H2,1-3H3,(H2,24,25,31). The van der Waals surface area contributed by atoms with Gasteiger partial charge in [-0.05, 0) is 45.0 Å². The second-order valence-corrected chi connectivity index (χ2v) is 8.86. The summed E-state index contributed by atoms with van der Waals surface area (Å²) in [7, 11) is 0. The van der Waals surface area contributed by atoms with E-state index in [1.165, 1.54) is 0 Å². The van der Waals surface area contributed by atoms with E-state index < -0.39 is 24.3 Å². The molecule has 178 valence electrons. The molecule has 1 aromatic heterocycles. The molecule has 2 unspecified atom stereocenters.